The smallest absolute Gasteiger partial charge is 0.124 e. The van der Waals surface area contributed by atoms with E-state index in [0.29, 0.717) is 25.3 Å². The molecule has 1 aromatic rings. The van der Waals surface area contributed by atoms with E-state index in [1.807, 2.05) is 0 Å². The zero-order valence-electron chi connectivity index (χ0n) is 11.2. The van der Waals surface area contributed by atoms with Gasteiger partial charge in [-0.15, -0.1) is 12.3 Å². The fourth-order valence-corrected chi connectivity index (χ4v) is 1.41. The summed E-state index contributed by atoms with van der Waals surface area (Å²) in [7, 11) is 0. The third-order valence-corrected chi connectivity index (χ3v) is 2.34. The second-order valence-corrected chi connectivity index (χ2v) is 5.16. The van der Waals surface area contributed by atoms with Crippen LogP contribution >= 0.6 is 0 Å². The number of rotatable bonds is 5. The molecule has 1 aromatic carbocycles. The summed E-state index contributed by atoms with van der Waals surface area (Å²) < 4.78 is 18.8. The van der Waals surface area contributed by atoms with Crippen LogP contribution in [0.2, 0.25) is 0 Å². The Bertz CT molecular complexity index is 429. The van der Waals surface area contributed by atoms with Crippen LogP contribution < -0.4 is 10.1 Å². The molecule has 0 aromatic heterocycles. The summed E-state index contributed by atoms with van der Waals surface area (Å²) in [4.78, 5) is 0. The maximum absolute atomic E-state index is 13.2. The van der Waals surface area contributed by atoms with E-state index in [1.165, 1.54) is 12.1 Å². The molecule has 3 heteroatoms. The highest BCUT2D eigenvalue weighted by Gasteiger charge is 2.11. The summed E-state index contributed by atoms with van der Waals surface area (Å²) in [5, 5.41) is 3.31. The van der Waals surface area contributed by atoms with Crippen LogP contribution in [0, 0.1) is 18.2 Å². The zero-order chi connectivity index (χ0) is 13.6. The van der Waals surface area contributed by atoms with E-state index in [0.717, 1.165) is 5.56 Å². The Morgan fingerprint density at radius 1 is 1.39 bits per heavy atom. The molecular formula is C15H20FNO. The lowest BCUT2D eigenvalue weighted by Gasteiger charge is -2.21. The number of hydrogen-bond donors (Lipinski definition) is 1. The summed E-state index contributed by atoms with van der Waals surface area (Å²) in [5.74, 6) is 2.93. The minimum atomic E-state index is -0.259. The van der Waals surface area contributed by atoms with Crippen LogP contribution in [0.5, 0.6) is 5.75 Å². The van der Waals surface area contributed by atoms with E-state index in [9.17, 15) is 4.39 Å². The van der Waals surface area contributed by atoms with Crippen molar-refractivity contribution in [3.63, 3.8) is 0 Å². The van der Waals surface area contributed by atoms with E-state index in [1.54, 1.807) is 6.07 Å². The van der Waals surface area contributed by atoms with Crippen molar-refractivity contribution in [3.05, 3.63) is 29.6 Å². The molecule has 0 unspecified atom stereocenters. The largest absolute Gasteiger partial charge is 0.492 e. The first kappa shape index (κ1) is 14.5. The Balaban J connectivity index is 2.74. The summed E-state index contributed by atoms with van der Waals surface area (Å²) in [6.45, 7) is 7.19. The number of benzene rings is 1. The molecule has 98 valence electrons. The van der Waals surface area contributed by atoms with Crippen molar-refractivity contribution >= 4 is 0 Å². The van der Waals surface area contributed by atoms with E-state index >= 15 is 0 Å². The topological polar surface area (TPSA) is 21.3 Å². The van der Waals surface area contributed by atoms with Crippen LogP contribution in [0.1, 0.15) is 32.8 Å². The lowest BCUT2D eigenvalue weighted by atomic mass is 10.1. The third-order valence-electron chi connectivity index (χ3n) is 2.34. The quantitative estimate of drug-likeness (QED) is 0.639. The lowest BCUT2D eigenvalue weighted by Crippen LogP contribution is -2.35. The van der Waals surface area contributed by atoms with Crippen molar-refractivity contribution in [1.29, 1.82) is 0 Å². The zero-order valence-corrected chi connectivity index (χ0v) is 11.2. The molecule has 1 N–H and O–H groups in total. The van der Waals surface area contributed by atoms with Gasteiger partial charge < -0.3 is 10.1 Å². The van der Waals surface area contributed by atoms with Crippen molar-refractivity contribution in [2.75, 3.05) is 6.61 Å². The van der Waals surface area contributed by atoms with Gasteiger partial charge in [0.25, 0.3) is 0 Å². The number of nitrogens with one attached hydrogen (secondary N) is 1. The van der Waals surface area contributed by atoms with Gasteiger partial charge in [-0.3, -0.25) is 0 Å². The minimum Gasteiger partial charge on any atom is -0.492 e. The van der Waals surface area contributed by atoms with Gasteiger partial charge in [0, 0.05) is 24.1 Å². The highest BCUT2D eigenvalue weighted by Crippen LogP contribution is 2.20. The Morgan fingerprint density at radius 2 is 2.11 bits per heavy atom. The fourth-order valence-electron chi connectivity index (χ4n) is 1.41. The molecule has 0 aliphatic carbocycles. The normalized spacial score (nSPS) is 11.1. The second-order valence-electron chi connectivity index (χ2n) is 5.16. The highest BCUT2D eigenvalue weighted by molar-refractivity contribution is 5.34. The summed E-state index contributed by atoms with van der Waals surface area (Å²) in [5.41, 5.74) is 0.782. The molecule has 1 rings (SSSR count). The van der Waals surface area contributed by atoms with Crippen LogP contribution in [-0.2, 0) is 6.54 Å². The van der Waals surface area contributed by atoms with Crippen LogP contribution in [0.25, 0.3) is 0 Å². The van der Waals surface area contributed by atoms with E-state index in [4.69, 9.17) is 11.2 Å². The first-order valence-corrected chi connectivity index (χ1v) is 6.02. The molecule has 0 aliphatic rings. The molecule has 0 bridgehead atoms. The van der Waals surface area contributed by atoms with Gasteiger partial charge >= 0.3 is 0 Å². The van der Waals surface area contributed by atoms with Gasteiger partial charge in [-0.1, -0.05) is 0 Å². The van der Waals surface area contributed by atoms with Crippen molar-refractivity contribution < 1.29 is 9.13 Å². The Kier molecular flexibility index (Phi) is 5.18. The molecule has 0 atom stereocenters. The first-order valence-electron chi connectivity index (χ1n) is 6.02. The fraction of sp³-hybridized carbons (Fsp3) is 0.467. The second kappa shape index (κ2) is 6.42. The van der Waals surface area contributed by atoms with Crippen LogP contribution in [0.15, 0.2) is 18.2 Å². The maximum atomic E-state index is 13.2. The van der Waals surface area contributed by atoms with Gasteiger partial charge in [0.1, 0.15) is 11.6 Å². The van der Waals surface area contributed by atoms with Crippen LogP contribution in [-0.4, -0.2) is 12.1 Å². The summed E-state index contributed by atoms with van der Waals surface area (Å²) >= 11 is 0. The SMILES string of the molecule is C#CCCOc1ccc(F)cc1CNC(C)(C)C. The molecule has 0 saturated heterocycles. The van der Waals surface area contributed by atoms with Gasteiger partial charge in [0.15, 0.2) is 0 Å². The van der Waals surface area contributed by atoms with Crippen LogP contribution in [0.4, 0.5) is 4.39 Å². The summed E-state index contributed by atoms with van der Waals surface area (Å²) in [6.07, 6.45) is 5.71. The first-order chi connectivity index (χ1) is 8.42. The Labute approximate surface area is 109 Å². The van der Waals surface area contributed by atoms with Gasteiger partial charge in [-0.2, -0.15) is 0 Å². The van der Waals surface area contributed by atoms with E-state index in [-0.39, 0.29) is 11.4 Å². The average molecular weight is 249 g/mol. The molecule has 0 spiro atoms. The average Bonchev–Trinajstić information content (AvgIpc) is 2.28. The molecule has 0 fully saturated rings. The Hall–Kier alpha value is -1.53. The highest BCUT2D eigenvalue weighted by atomic mass is 19.1. The molecule has 0 aliphatic heterocycles. The number of hydrogen-bond acceptors (Lipinski definition) is 2. The Morgan fingerprint density at radius 3 is 2.72 bits per heavy atom. The van der Waals surface area contributed by atoms with Crippen molar-refractivity contribution in [1.82, 2.24) is 5.32 Å². The number of terminal acetylenes is 1. The molecule has 18 heavy (non-hydrogen) atoms. The molecular weight excluding hydrogens is 229 g/mol. The van der Waals surface area contributed by atoms with Gasteiger partial charge in [-0.05, 0) is 39.0 Å². The van der Waals surface area contributed by atoms with Gasteiger partial charge in [0.05, 0.1) is 6.61 Å². The predicted octanol–water partition coefficient (Wildman–Crippen LogP) is 3.12. The molecule has 0 radical (unpaired) electrons. The number of halogens is 1. The molecule has 0 amide bonds. The van der Waals surface area contributed by atoms with Crippen LogP contribution in [0.3, 0.4) is 0 Å². The standard InChI is InChI=1S/C15H20FNO/c1-5-6-9-18-14-8-7-13(16)10-12(14)11-17-15(2,3)4/h1,7-8,10,17H,6,9,11H2,2-4H3. The maximum Gasteiger partial charge on any atom is 0.124 e. The molecule has 2 nitrogen and oxygen atoms in total. The monoisotopic (exact) mass is 249 g/mol. The third kappa shape index (κ3) is 5.20. The minimum absolute atomic E-state index is 0.0254. The number of ether oxygens (including phenoxy) is 1. The summed E-state index contributed by atoms with van der Waals surface area (Å²) in [6, 6.07) is 4.53. The van der Waals surface area contributed by atoms with E-state index < -0.39 is 0 Å². The molecule has 0 heterocycles. The van der Waals surface area contributed by atoms with Crippen molar-refractivity contribution in [2.24, 2.45) is 0 Å². The predicted molar refractivity (Wildman–Crippen MR) is 71.9 cm³/mol. The lowest BCUT2D eigenvalue weighted by molar-refractivity contribution is 0.319. The molecule has 0 saturated carbocycles. The van der Waals surface area contributed by atoms with E-state index in [2.05, 4.69) is 32.0 Å². The van der Waals surface area contributed by atoms with Crippen molar-refractivity contribution in [3.8, 4) is 18.1 Å². The van der Waals surface area contributed by atoms with Crippen molar-refractivity contribution in [2.45, 2.75) is 39.3 Å². The van der Waals surface area contributed by atoms with Gasteiger partial charge in [-0.25, -0.2) is 4.39 Å². The van der Waals surface area contributed by atoms with Gasteiger partial charge in [0.2, 0.25) is 0 Å².